The van der Waals surface area contributed by atoms with E-state index in [-0.39, 0.29) is 17.0 Å². The number of carbonyl (C=O) groups excluding carboxylic acids is 1. The number of alkyl halides is 3. The number of hydrogen-bond acceptors (Lipinski definition) is 5. The fourth-order valence-corrected chi connectivity index (χ4v) is 14.8. The van der Waals surface area contributed by atoms with Gasteiger partial charge in [0.2, 0.25) is 0 Å². The summed E-state index contributed by atoms with van der Waals surface area (Å²) in [6.07, 6.45) is -0.306. The number of nitrogens with one attached hydrogen (secondary N) is 1. The predicted octanol–water partition coefficient (Wildman–Crippen LogP) is 10.7. The van der Waals surface area contributed by atoms with Crippen molar-refractivity contribution in [3.8, 4) is 0 Å². The Morgan fingerprint density at radius 2 is 1.40 bits per heavy atom. The molecule has 1 N–H and O–H groups in total. The molecular weight excluding hydrogens is 850 g/mol. The third-order valence-electron chi connectivity index (χ3n) is 13.5. The molecule has 6 nitrogen and oxygen atoms in total. The Bertz CT molecular complexity index is 2500. The number of aromatic amines is 1. The number of likely N-dealkylation sites (tertiary alicyclic amines) is 1. The molecule has 0 aliphatic carbocycles. The Morgan fingerprint density at radius 3 is 1.98 bits per heavy atom. The first kappa shape index (κ1) is 46.4. The molecule has 1 saturated heterocycles. The lowest BCUT2D eigenvalue weighted by Crippen LogP contribution is -2.67. The van der Waals surface area contributed by atoms with Crippen molar-refractivity contribution in [2.45, 2.75) is 82.5 Å². The largest absolute Gasteiger partial charge is 0.457 e. The molecule has 0 saturated carbocycles. The number of para-hydroxylation sites is 1. The molecule has 2 unspecified atom stereocenters. The van der Waals surface area contributed by atoms with E-state index in [2.05, 4.69) is 4.98 Å². The lowest BCUT2D eigenvalue weighted by molar-refractivity contribution is -0.158. The quantitative estimate of drug-likeness (QED) is 0.0596. The minimum Gasteiger partial charge on any atom is -0.457 e. The first-order valence-corrected chi connectivity index (χ1v) is 24.5. The normalized spacial score (nSPS) is 18.6. The molecule has 0 spiro atoms. The first-order valence-electron chi connectivity index (χ1n) is 22.6. The molecule has 4 atom stereocenters. The van der Waals surface area contributed by atoms with Crippen molar-refractivity contribution >= 4 is 35.6 Å². The molecule has 1 aromatic heterocycles. The molecule has 0 bridgehead atoms. The van der Waals surface area contributed by atoms with Gasteiger partial charge in [0.1, 0.15) is 17.7 Å². The topological polar surface area (TPSA) is 57.8 Å². The SMILES string of the molecule is CC(C(=O)OC(c1cc(F)c([C@@H]2c3[nH]c4ccccc4c3C[C@@H](C)N2CC(F)(F)CO[Si](c2ccccc2)(c2ccccc2)C(C)(C)C)c(F)c1)C1CN(CCCF)C1)c1ccccc1. The summed E-state index contributed by atoms with van der Waals surface area (Å²) in [5, 5.41) is 2.02. The van der Waals surface area contributed by atoms with Crippen molar-refractivity contribution in [1.82, 2.24) is 14.8 Å². The minimum absolute atomic E-state index is 0.129. The van der Waals surface area contributed by atoms with Crippen LogP contribution in [0.5, 0.6) is 0 Å². The third kappa shape index (κ3) is 9.32. The highest BCUT2D eigenvalue weighted by Gasteiger charge is 2.53. The monoisotopic (exact) mass is 907 g/mol. The van der Waals surface area contributed by atoms with E-state index in [1.54, 1.807) is 6.92 Å². The zero-order valence-electron chi connectivity index (χ0n) is 37.7. The summed E-state index contributed by atoms with van der Waals surface area (Å²) in [7, 11) is -3.38. The van der Waals surface area contributed by atoms with Gasteiger partial charge in [-0.2, -0.15) is 0 Å². The summed E-state index contributed by atoms with van der Waals surface area (Å²) < 4.78 is 94.7. The van der Waals surface area contributed by atoms with Gasteiger partial charge < -0.3 is 19.0 Å². The molecule has 0 amide bonds. The first-order chi connectivity index (χ1) is 31.1. The van der Waals surface area contributed by atoms with Gasteiger partial charge in [-0.3, -0.25) is 14.1 Å². The van der Waals surface area contributed by atoms with E-state index >= 15 is 17.6 Å². The van der Waals surface area contributed by atoms with Gasteiger partial charge in [0.25, 0.3) is 14.2 Å². The zero-order valence-corrected chi connectivity index (χ0v) is 38.7. The van der Waals surface area contributed by atoms with Crippen molar-refractivity contribution in [3.05, 3.63) is 167 Å². The molecular formula is C53H58F5N3O3Si. The second kappa shape index (κ2) is 19.0. The van der Waals surface area contributed by atoms with Gasteiger partial charge in [0.15, 0.2) is 0 Å². The number of benzene rings is 5. The molecule has 342 valence electrons. The number of ether oxygens (including phenoxy) is 1. The molecule has 2 aliphatic rings. The molecule has 6 aromatic rings. The van der Waals surface area contributed by atoms with Gasteiger partial charge >= 0.3 is 5.97 Å². The van der Waals surface area contributed by atoms with Crippen LogP contribution < -0.4 is 10.4 Å². The minimum atomic E-state index is -3.47. The van der Waals surface area contributed by atoms with E-state index in [0.717, 1.165) is 32.4 Å². The number of aromatic nitrogens is 1. The molecule has 2 aliphatic heterocycles. The van der Waals surface area contributed by atoms with Gasteiger partial charge in [-0.25, -0.2) is 17.6 Å². The van der Waals surface area contributed by atoms with Crippen LogP contribution in [0.25, 0.3) is 10.9 Å². The molecule has 8 rings (SSSR count). The molecule has 12 heteroatoms. The maximum absolute atomic E-state index is 17.3. The lowest BCUT2D eigenvalue weighted by Gasteiger charge is -2.45. The number of H-pyrrole nitrogens is 1. The van der Waals surface area contributed by atoms with Crippen LogP contribution >= 0.6 is 0 Å². The van der Waals surface area contributed by atoms with Gasteiger partial charge in [-0.15, -0.1) is 0 Å². The molecule has 5 aromatic carbocycles. The number of carbonyl (C=O) groups is 1. The van der Waals surface area contributed by atoms with E-state index in [4.69, 9.17) is 9.16 Å². The van der Waals surface area contributed by atoms with E-state index in [1.807, 2.05) is 148 Å². The van der Waals surface area contributed by atoms with Crippen LogP contribution in [0.4, 0.5) is 22.0 Å². The van der Waals surface area contributed by atoms with Crippen molar-refractivity contribution in [1.29, 1.82) is 0 Å². The van der Waals surface area contributed by atoms with Crippen LogP contribution in [0.1, 0.15) is 87.1 Å². The van der Waals surface area contributed by atoms with Crippen molar-refractivity contribution < 1.29 is 35.9 Å². The average Bonchev–Trinajstić information content (AvgIpc) is 3.64. The summed E-state index contributed by atoms with van der Waals surface area (Å²) in [5.74, 6) is -6.87. The molecule has 3 heterocycles. The smallest absolute Gasteiger partial charge is 0.313 e. The Hall–Kier alpha value is -5.14. The van der Waals surface area contributed by atoms with Crippen LogP contribution in [0.15, 0.2) is 127 Å². The third-order valence-corrected chi connectivity index (χ3v) is 18.5. The zero-order chi connectivity index (χ0) is 46.1. The van der Waals surface area contributed by atoms with Gasteiger partial charge in [-0.05, 0) is 77.0 Å². The van der Waals surface area contributed by atoms with Crippen LogP contribution in [0, 0.1) is 17.6 Å². The van der Waals surface area contributed by atoms with Crippen molar-refractivity contribution in [2.24, 2.45) is 5.92 Å². The summed E-state index contributed by atoms with van der Waals surface area (Å²) in [6, 6.07) is 36.3. The summed E-state index contributed by atoms with van der Waals surface area (Å²) in [4.78, 5) is 20.6. The standard InChI is InChI=1S/C53H58F5N3O3Si/c1-35-28-43-42-24-15-16-25-46(42)59-48(43)49(61(35)33-53(57,58)34-63-65(52(3,4)5,40-20-11-7-12-21-40)41-22-13-8-14-23-41)47-44(55)29-38(30-45(47)56)50(39-31-60(32-39)27-17-26-54)64-51(62)36(2)37-18-9-6-10-19-37/h6-16,18-25,29-30,35-36,39,49-50,59H,17,26-28,31-34H2,1-5H3/t35-,36?,49-,50?/m1/s1. The van der Waals surface area contributed by atoms with Crippen LogP contribution in [-0.2, 0) is 20.4 Å². The number of rotatable bonds is 16. The molecule has 0 radical (unpaired) electrons. The average molecular weight is 908 g/mol. The predicted molar refractivity (Wildman–Crippen MR) is 249 cm³/mol. The number of esters is 1. The maximum Gasteiger partial charge on any atom is 0.313 e. The highest BCUT2D eigenvalue weighted by Crippen LogP contribution is 2.46. The molecule has 65 heavy (non-hydrogen) atoms. The Labute approximate surface area is 379 Å². The van der Waals surface area contributed by atoms with E-state index in [9.17, 15) is 9.18 Å². The van der Waals surface area contributed by atoms with E-state index < -0.39 is 80.8 Å². The van der Waals surface area contributed by atoms with Crippen LogP contribution in [-0.4, -0.2) is 80.5 Å². The number of fused-ring (bicyclic) bond motifs is 3. The Kier molecular flexibility index (Phi) is 13.6. The Morgan fingerprint density at radius 1 is 0.831 bits per heavy atom. The summed E-state index contributed by atoms with van der Waals surface area (Å²) in [6.45, 7) is 8.77. The number of hydrogen-bond donors (Lipinski definition) is 1. The van der Waals surface area contributed by atoms with E-state index in [1.165, 1.54) is 17.0 Å². The Balaban J connectivity index is 1.16. The summed E-state index contributed by atoms with van der Waals surface area (Å²) >= 11 is 0. The second-order valence-corrected chi connectivity index (χ2v) is 23.3. The van der Waals surface area contributed by atoms with Gasteiger partial charge in [0.05, 0.1) is 31.8 Å². The van der Waals surface area contributed by atoms with E-state index in [0.29, 0.717) is 38.2 Å². The highest BCUT2D eigenvalue weighted by atomic mass is 28.4. The van der Waals surface area contributed by atoms with Gasteiger partial charge in [0, 0.05) is 53.8 Å². The number of halogens is 5. The van der Waals surface area contributed by atoms with Crippen LogP contribution in [0.3, 0.4) is 0 Å². The maximum atomic E-state index is 17.3. The van der Waals surface area contributed by atoms with Crippen LogP contribution in [0.2, 0.25) is 5.04 Å². The molecule has 1 fully saturated rings. The van der Waals surface area contributed by atoms with Crippen molar-refractivity contribution in [3.63, 3.8) is 0 Å². The number of nitrogens with zero attached hydrogens (tertiary/aromatic N) is 2. The fraction of sp³-hybridized carbons (Fsp3) is 0.377. The second-order valence-electron chi connectivity index (χ2n) is 18.9. The van der Waals surface area contributed by atoms with Crippen molar-refractivity contribution in [2.75, 3.05) is 39.5 Å². The fourth-order valence-electron chi connectivity index (χ4n) is 10.2. The van der Waals surface area contributed by atoms with Gasteiger partial charge in [-0.1, -0.05) is 130 Å². The lowest BCUT2D eigenvalue weighted by atomic mass is 9.85. The summed E-state index contributed by atoms with van der Waals surface area (Å²) in [5.41, 5.74) is 2.48. The highest BCUT2D eigenvalue weighted by molar-refractivity contribution is 6.99.